The Hall–Kier alpha value is -2.57. The first-order valence-corrected chi connectivity index (χ1v) is 13.0. The van der Waals surface area contributed by atoms with Crippen molar-refractivity contribution in [3.63, 3.8) is 0 Å². The number of piperazine rings is 1. The van der Waals surface area contributed by atoms with Crippen LogP contribution >= 0.6 is 23.2 Å². The van der Waals surface area contributed by atoms with Crippen LogP contribution in [0.3, 0.4) is 0 Å². The molecule has 2 amide bonds. The third-order valence-corrected chi connectivity index (χ3v) is 6.95. The van der Waals surface area contributed by atoms with E-state index in [1.807, 2.05) is 49.9 Å². The van der Waals surface area contributed by atoms with Crippen molar-refractivity contribution in [1.29, 1.82) is 0 Å². The second-order valence-electron chi connectivity index (χ2n) is 10.6. The normalized spacial score (nSPS) is 14.1. The minimum Gasteiger partial charge on any atom is -0.368 e. The second-order valence-corrected chi connectivity index (χ2v) is 11.4. The first-order chi connectivity index (χ1) is 16.9. The number of rotatable bonds is 8. The average Bonchev–Trinajstić information content (AvgIpc) is 2.81. The van der Waals surface area contributed by atoms with E-state index in [-0.39, 0.29) is 36.0 Å². The molecule has 8 heteroatoms. The molecular weight excluding hydrogens is 497 g/mol. The number of nitrogens with zero attached hydrogens (tertiary/aromatic N) is 3. The van der Waals surface area contributed by atoms with Crippen LogP contribution in [0.1, 0.15) is 38.3 Å². The molecule has 1 aliphatic heterocycles. The summed E-state index contributed by atoms with van der Waals surface area (Å²) in [6.07, 6.45) is 0.899. The van der Waals surface area contributed by atoms with Gasteiger partial charge in [-0.3, -0.25) is 14.4 Å². The zero-order valence-corrected chi connectivity index (χ0v) is 23.0. The Labute approximate surface area is 224 Å². The summed E-state index contributed by atoms with van der Waals surface area (Å²) in [6.45, 7) is 8.84. The highest BCUT2D eigenvalue weighted by Crippen LogP contribution is 2.26. The highest BCUT2D eigenvalue weighted by atomic mass is 35.5. The molecule has 0 aliphatic carbocycles. The number of hydrogen-bond donors (Lipinski definition) is 0. The molecule has 2 aromatic rings. The van der Waals surface area contributed by atoms with Crippen molar-refractivity contribution in [3.05, 3.63) is 63.6 Å². The van der Waals surface area contributed by atoms with E-state index >= 15 is 0 Å². The zero-order chi connectivity index (χ0) is 26.5. The number of carbonyl (C=O) groups excluding carboxylic acids is 3. The van der Waals surface area contributed by atoms with Crippen LogP contribution in [0.2, 0.25) is 10.0 Å². The van der Waals surface area contributed by atoms with Gasteiger partial charge in [0.05, 0.1) is 13.0 Å². The van der Waals surface area contributed by atoms with Crippen molar-refractivity contribution in [2.45, 2.75) is 40.0 Å². The summed E-state index contributed by atoms with van der Waals surface area (Å²) >= 11 is 12.4. The van der Waals surface area contributed by atoms with Crippen LogP contribution in [-0.4, -0.2) is 67.2 Å². The molecule has 36 heavy (non-hydrogen) atoms. The van der Waals surface area contributed by atoms with Crippen LogP contribution in [0.15, 0.2) is 42.5 Å². The molecule has 0 aromatic heterocycles. The SMILES string of the molecule is CN(CC(=O)Cc1ccc(N2CCN(C(=O)Cc3c(Cl)cccc3Cl)CC2)cc1)C(=O)CC(C)(C)C. The first kappa shape index (κ1) is 28.0. The molecule has 0 unspecified atom stereocenters. The topological polar surface area (TPSA) is 60.9 Å². The Morgan fingerprint density at radius 1 is 0.889 bits per heavy atom. The van der Waals surface area contributed by atoms with E-state index in [0.717, 1.165) is 24.3 Å². The Kier molecular flexibility index (Phi) is 9.42. The lowest BCUT2D eigenvalue weighted by molar-refractivity contribution is -0.135. The van der Waals surface area contributed by atoms with Gasteiger partial charge in [0.1, 0.15) is 0 Å². The minimum absolute atomic E-state index is 0.0123. The van der Waals surface area contributed by atoms with Gasteiger partial charge in [-0.15, -0.1) is 0 Å². The van der Waals surface area contributed by atoms with Gasteiger partial charge in [0.2, 0.25) is 11.8 Å². The summed E-state index contributed by atoms with van der Waals surface area (Å²) in [5, 5.41) is 1.02. The monoisotopic (exact) mass is 531 g/mol. The van der Waals surface area contributed by atoms with Crippen molar-refractivity contribution in [2.75, 3.05) is 44.7 Å². The lowest BCUT2D eigenvalue weighted by Crippen LogP contribution is -2.49. The van der Waals surface area contributed by atoms with Gasteiger partial charge in [-0.05, 0) is 40.8 Å². The maximum absolute atomic E-state index is 12.8. The molecule has 0 N–H and O–H groups in total. The summed E-state index contributed by atoms with van der Waals surface area (Å²) in [5.41, 5.74) is 2.55. The van der Waals surface area contributed by atoms with Crippen molar-refractivity contribution in [2.24, 2.45) is 5.41 Å². The number of halogens is 2. The number of Topliss-reactive ketones (excluding diaryl/α,β-unsaturated/α-hetero) is 1. The van der Waals surface area contributed by atoms with Crippen LogP contribution in [0.5, 0.6) is 0 Å². The van der Waals surface area contributed by atoms with E-state index in [0.29, 0.717) is 41.5 Å². The van der Waals surface area contributed by atoms with Gasteiger partial charge in [-0.2, -0.15) is 0 Å². The van der Waals surface area contributed by atoms with Gasteiger partial charge in [0, 0.05) is 61.8 Å². The van der Waals surface area contributed by atoms with Gasteiger partial charge < -0.3 is 14.7 Å². The van der Waals surface area contributed by atoms with Crippen molar-refractivity contribution >= 4 is 46.5 Å². The van der Waals surface area contributed by atoms with Gasteiger partial charge in [0.25, 0.3) is 0 Å². The summed E-state index contributed by atoms with van der Waals surface area (Å²) in [5.74, 6) is 0.0153. The highest BCUT2D eigenvalue weighted by molar-refractivity contribution is 6.36. The number of benzene rings is 2. The fourth-order valence-corrected chi connectivity index (χ4v) is 4.76. The van der Waals surface area contributed by atoms with Gasteiger partial charge in [-0.25, -0.2) is 0 Å². The summed E-state index contributed by atoms with van der Waals surface area (Å²) in [7, 11) is 1.68. The lowest BCUT2D eigenvalue weighted by Gasteiger charge is -2.36. The third kappa shape index (κ3) is 7.97. The van der Waals surface area contributed by atoms with E-state index in [4.69, 9.17) is 23.2 Å². The highest BCUT2D eigenvalue weighted by Gasteiger charge is 2.23. The fourth-order valence-electron chi connectivity index (χ4n) is 4.23. The summed E-state index contributed by atoms with van der Waals surface area (Å²) in [6, 6.07) is 13.2. The number of carbonyl (C=O) groups is 3. The third-order valence-electron chi connectivity index (χ3n) is 6.25. The van der Waals surface area contributed by atoms with Crippen LogP contribution < -0.4 is 4.90 Å². The number of anilines is 1. The molecule has 0 radical (unpaired) electrons. The smallest absolute Gasteiger partial charge is 0.227 e. The Morgan fingerprint density at radius 2 is 1.47 bits per heavy atom. The van der Waals surface area contributed by atoms with E-state index in [2.05, 4.69) is 4.90 Å². The maximum Gasteiger partial charge on any atom is 0.227 e. The standard InChI is InChI=1S/C28H35Cl2N3O3/c1-28(2,3)18-27(36)31(4)19-22(34)16-20-8-10-21(11-9-20)32-12-14-33(15-13-32)26(35)17-23-24(29)6-5-7-25(23)30/h5-11H,12-19H2,1-4H3. The maximum atomic E-state index is 12.8. The second kappa shape index (κ2) is 12.1. The van der Waals surface area contributed by atoms with Crippen molar-refractivity contribution in [3.8, 4) is 0 Å². The quantitative estimate of drug-likeness (QED) is 0.486. The van der Waals surface area contributed by atoms with E-state index in [9.17, 15) is 14.4 Å². The fraction of sp³-hybridized carbons (Fsp3) is 0.464. The molecule has 2 aromatic carbocycles. The largest absolute Gasteiger partial charge is 0.368 e. The number of hydrogen-bond acceptors (Lipinski definition) is 4. The number of likely N-dealkylation sites (N-methyl/N-ethyl adjacent to an activating group) is 1. The van der Waals surface area contributed by atoms with Gasteiger partial charge in [-0.1, -0.05) is 62.2 Å². The predicted octanol–water partition coefficient (Wildman–Crippen LogP) is 4.89. The van der Waals surface area contributed by atoms with E-state index in [1.165, 1.54) is 4.90 Å². The minimum atomic E-state index is -0.105. The van der Waals surface area contributed by atoms with Gasteiger partial charge in [0.15, 0.2) is 5.78 Å². The van der Waals surface area contributed by atoms with Crippen LogP contribution in [0, 0.1) is 5.41 Å². The summed E-state index contributed by atoms with van der Waals surface area (Å²) in [4.78, 5) is 43.2. The molecule has 1 heterocycles. The Morgan fingerprint density at radius 3 is 2.03 bits per heavy atom. The molecule has 3 rings (SSSR count). The van der Waals surface area contributed by atoms with Crippen LogP contribution in [0.4, 0.5) is 5.69 Å². The Balaban J connectivity index is 1.48. The van der Waals surface area contributed by atoms with Crippen LogP contribution in [-0.2, 0) is 27.2 Å². The molecular formula is C28H35Cl2N3O3. The van der Waals surface area contributed by atoms with Crippen molar-refractivity contribution < 1.29 is 14.4 Å². The molecule has 1 fully saturated rings. The molecule has 0 saturated carbocycles. The molecule has 1 saturated heterocycles. The molecule has 6 nitrogen and oxygen atoms in total. The molecule has 194 valence electrons. The average molecular weight is 533 g/mol. The van der Waals surface area contributed by atoms with Crippen LogP contribution in [0.25, 0.3) is 0 Å². The molecule has 0 atom stereocenters. The first-order valence-electron chi connectivity index (χ1n) is 12.2. The number of ketones is 1. The van der Waals surface area contributed by atoms with E-state index in [1.54, 1.807) is 25.2 Å². The number of amides is 2. The molecule has 1 aliphatic rings. The summed E-state index contributed by atoms with van der Waals surface area (Å²) < 4.78 is 0. The van der Waals surface area contributed by atoms with E-state index < -0.39 is 0 Å². The van der Waals surface area contributed by atoms with Gasteiger partial charge >= 0.3 is 0 Å². The van der Waals surface area contributed by atoms with Crippen molar-refractivity contribution in [1.82, 2.24) is 9.80 Å². The Bertz CT molecular complexity index is 1070. The molecule has 0 bridgehead atoms. The molecule has 0 spiro atoms. The predicted molar refractivity (Wildman–Crippen MR) is 146 cm³/mol. The zero-order valence-electron chi connectivity index (χ0n) is 21.5. The lowest BCUT2D eigenvalue weighted by atomic mass is 9.91.